The number of non-ortho nitro benzene ring substituents is 1. The second kappa shape index (κ2) is 5.53. The van der Waals surface area contributed by atoms with Crippen molar-refractivity contribution in [2.75, 3.05) is 0 Å². The molecule has 0 spiro atoms. The number of furan rings is 1. The van der Waals surface area contributed by atoms with Crippen molar-refractivity contribution < 1.29 is 19.0 Å². The molecule has 0 fully saturated rings. The molecule has 1 aromatic heterocycles. The first-order valence-electron chi connectivity index (χ1n) is 6.79. The van der Waals surface area contributed by atoms with E-state index in [2.05, 4.69) is 9.99 Å². The molecule has 3 rings (SSSR count). The van der Waals surface area contributed by atoms with E-state index in [9.17, 15) is 14.9 Å². The molecular formula is C16H12N2O5. The highest BCUT2D eigenvalue weighted by Crippen LogP contribution is 2.30. The first-order valence-corrected chi connectivity index (χ1v) is 6.79. The van der Waals surface area contributed by atoms with Crippen LogP contribution in [0.3, 0.4) is 0 Å². The van der Waals surface area contributed by atoms with Gasteiger partial charge in [-0.2, -0.15) is 0 Å². The molecule has 1 aliphatic heterocycles. The highest BCUT2D eigenvalue weighted by molar-refractivity contribution is 6.24. The van der Waals surface area contributed by atoms with Crippen LogP contribution in [0.5, 0.6) is 0 Å². The van der Waals surface area contributed by atoms with Crippen LogP contribution in [0.25, 0.3) is 17.4 Å². The van der Waals surface area contributed by atoms with Gasteiger partial charge >= 0.3 is 5.97 Å². The number of hydrogen-bond acceptors (Lipinski definition) is 6. The minimum Gasteiger partial charge on any atom is -0.457 e. The van der Waals surface area contributed by atoms with E-state index in [1.165, 1.54) is 18.2 Å². The van der Waals surface area contributed by atoms with Gasteiger partial charge in [-0.3, -0.25) is 10.1 Å². The molecular weight excluding hydrogens is 300 g/mol. The molecule has 1 aromatic carbocycles. The molecule has 7 heteroatoms. The minimum absolute atomic E-state index is 0.00995. The Bertz CT molecular complexity index is 876. The minimum atomic E-state index is -0.535. The van der Waals surface area contributed by atoms with Crippen LogP contribution >= 0.6 is 0 Å². The summed E-state index contributed by atoms with van der Waals surface area (Å²) in [6.45, 7) is 3.50. The summed E-state index contributed by atoms with van der Waals surface area (Å²) in [4.78, 5) is 26.5. The van der Waals surface area contributed by atoms with Crippen molar-refractivity contribution in [3.8, 4) is 11.3 Å². The Labute approximate surface area is 131 Å². The molecule has 2 aromatic rings. The van der Waals surface area contributed by atoms with E-state index in [4.69, 9.17) is 4.42 Å². The Kier molecular flexibility index (Phi) is 3.53. The number of oxime groups is 1. The number of nitrogens with zero attached hydrogens (tertiary/aromatic N) is 2. The van der Waals surface area contributed by atoms with Gasteiger partial charge in [-0.15, -0.1) is 0 Å². The summed E-state index contributed by atoms with van der Waals surface area (Å²) in [6.07, 6.45) is 1.53. The lowest BCUT2D eigenvalue weighted by molar-refractivity contribution is -0.384. The Hall–Kier alpha value is -3.22. The van der Waals surface area contributed by atoms with Crippen LogP contribution in [-0.4, -0.2) is 16.6 Å². The van der Waals surface area contributed by atoms with Gasteiger partial charge in [-0.05, 0) is 37.6 Å². The van der Waals surface area contributed by atoms with Crippen LogP contribution in [0, 0.1) is 17.0 Å². The third kappa shape index (κ3) is 2.76. The summed E-state index contributed by atoms with van der Waals surface area (Å²) in [6, 6.07) is 7.95. The second-order valence-corrected chi connectivity index (χ2v) is 5.07. The van der Waals surface area contributed by atoms with Crippen molar-refractivity contribution in [1.29, 1.82) is 0 Å². The van der Waals surface area contributed by atoms with Gasteiger partial charge in [-0.1, -0.05) is 11.2 Å². The number of benzene rings is 1. The zero-order valence-electron chi connectivity index (χ0n) is 12.4. The maximum atomic E-state index is 11.5. The molecule has 0 unspecified atom stereocenters. The molecule has 23 heavy (non-hydrogen) atoms. The number of nitro groups is 1. The van der Waals surface area contributed by atoms with Crippen molar-refractivity contribution in [2.45, 2.75) is 13.8 Å². The summed E-state index contributed by atoms with van der Waals surface area (Å²) in [7, 11) is 0. The molecule has 0 bridgehead atoms. The average Bonchev–Trinajstić information content (AvgIpc) is 3.10. The average molecular weight is 312 g/mol. The first kappa shape index (κ1) is 14.7. The molecule has 2 heterocycles. The molecule has 0 amide bonds. The predicted molar refractivity (Wildman–Crippen MR) is 82.7 cm³/mol. The van der Waals surface area contributed by atoms with Gasteiger partial charge < -0.3 is 9.25 Å². The Balaban J connectivity index is 1.98. The van der Waals surface area contributed by atoms with Gasteiger partial charge in [0.1, 0.15) is 11.5 Å². The number of carbonyl (C=O) groups is 1. The maximum absolute atomic E-state index is 11.5. The lowest BCUT2D eigenvalue weighted by atomic mass is 10.1. The Morgan fingerprint density at radius 1 is 1.22 bits per heavy atom. The quantitative estimate of drug-likeness (QED) is 0.374. The van der Waals surface area contributed by atoms with E-state index in [1.54, 1.807) is 25.1 Å². The number of nitro benzene ring substituents is 1. The van der Waals surface area contributed by atoms with Gasteiger partial charge in [0, 0.05) is 17.7 Å². The molecule has 1 aliphatic rings. The standard InChI is InChI=1S/C16H12N2O5/c1-9-3-4-11(18(20)21)7-13(9)15-6-5-12(22-15)8-14-10(2)17-23-16(14)19/h3-8H,1-2H3/b14-8+. The van der Waals surface area contributed by atoms with Gasteiger partial charge in [0.2, 0.25) is 0 Å². The Morgan fingerprint density at radius 2 is 2.00 bits per heavy atom. The molecule has 0 saturated heterocycles. The third-order valence-electron chi connectivity index (χ3n) is 3.49. The van der Waals surface area contributed by atoms with Crippen molar-refractivity contribution in [2.24, 2.45) is 5.16 Å². The molecule has 116 valence electrons. The summed E-state index contributed by atoms with van der Waals surface area (Å²) in [5.74, 6) is 0.389. The fourth-order valence-corrected chi connectivity index (χ4v) is 2.23. The van der Waals surface area contributed by atoms with Crippen LogP contribution in [0.1, 0.15) is 18.2 Å². The summed E-state index contributed by atoms with van der Waals surface area (Å²) in [5, 5.41) is 14.5. The lowest BCUT2D eigenvalue weighted by Gasteiger charge is -2.02. The highest BCUT2D eigenvalue weighted by atomic mass is 16.7. The summed E-state index contributed by atoms with van der Waals surface area (Å²) in [5.41, 5.74) is 2.26. The van der Waals surface area contributed by atoms with Crippen LogP contribution in [0.15, 0.2) is 45.5 Å². The van der Waals surface area contributed by atoms with Gasteiger partial charge in [0.15, 0.2) is 0 Å². The molecule has 0 saturated carbocycles. The second-order valence-electron chi connectivity index (χ2n) is 5.07. The highest BCUT2D eigenvalue weighted by Gasteiger charge is 2.22. The first-order chi connectivity index (χ1) is 11.0. The van der Waals surface area contributed by atoms with Crippen molar-refractivity contribution >= 4 is 23.4 Å². The van der Waals surface area contributed by atoms with Crippen molar-refractivity contribution in [1.82, 2.24) is 0 Å². The number of aryl methyl sites for hydroxylation is 1. The normalized spacial score (nSPS) is 15.7. The van der Waals surface area contributed by atoms with Crippen molar-refractivity contribution in [3.05, 3.63) is 57.3 Å². The van der Waals surface area contributed by atoms with E-state index >= 15 is 0 Å². The molecule has 0 radical (unpaired) electrons. The smallest absolute Gasteiger partial charge is 0.367 e. The van der Waals surface area contributed by atoms with Gasteiger partial charge in [0.05, 0.1) is 16.2 Å². The molecule has 0 atom stereocenters. The van der Waals surface area contributed by atoms with E-state index in [0.29, 0.717) is 28.4 Å². The number of rotatable bonds is 3. The van der Waals surface area contributed by atoms with Gasteiger partial charge in [0.25, 0.3) is 5.69 Å². The Morgan fingerprint density at radius 3 is 2.65 bits per heavy atom. The number of hydrogen-bond donors (Lipinski definition) is 0. The van der Waals surface area contributed by atoms with E-state index in [0.717, 1.165) is 5.56 Å². The fourth-order valence-electron chi connectivity index (χ4n) is 2.23. The zero-order valence-corrected chi connectivity index (χ0v) is 12.4. The fraction of sp³-hybridized carbons (Fsp3) is 0.125. The largest absolute Gasteiger partial charge is 0.457 e. The van der Waals surface area contributed by atoms with Crippen LogP contribution in [0.2, 0.25) is 0 Å². The van der Waals surface area contributed by atoms with Crippen molar-refractivity contribution in [3.63, 3.8) is 0 Å². The number of carbonyl (C=O) groups excluding carboxylic acids is 1. The summed E-state index contributed by atoms with van der Waals surface area (Å²) >= 11 is 0. The predicted octanol–water partition coefficient (Wildman–Crippen LogP) is 3.48. The maximum Gasteiger partial charge on any atom is 0.367 e. The van der Waals surface area contributed by atoms with E-state index in [1.807, 2.05) is 6.92 Å². The molecule has 7 nitrogen and oxygen atoms in total. The van der Waals surface area contributed by atoms with E-state index in [-0.39, 0.29) is 5.69 Å². The molecule has 0 aliphatic carbocycles. The molecule has 0 N–H and O–H groups in total. The third-order valence-corrected chi connectivity index (χ3v) is 3.49. The van der Waals surface area contributed by atoms with Crippen LogP contribution in [-0.2, 0) is 9.63 Å². The summed E-state index contributed by atoms with van der Waals surface area (Å²) < 4.78 is 5.68. The monoisotopic (exact) mass is 312 g/mol. The van der Waals surface area contributed by atoms with E-state index < -0.39 is 10.9 Å². The zero-order chi connectivity index (χ0) is 16.6. The van der Waals surface area contributed by atoms with Gasteiger partial charge in [-0.25, -0.2) is 4.79 Å². The van der Waals surface area contributed by atoms with Crippen LogP contribution < -0.4 is 0 Å². The lowest BCUT2D eigenvalue weighted by Crippen LogP contribution is -2.01. The topological polar surface area (TPSA) is 94.9 Å². The van der Waals surface area contributed by atoms with Crippen LogP contribution in [0.4, 0.5) is 5.69 Å². The SMILES string of the molecule is CC1=NOC(=O)/C1=C/c1ccc(-c2cc([N+](=O)[O-])ccc2C)o1.